The molecule has 1 atom stereocenters. The number of benzene rings is 2. The molecule has 0 bridgehead atoms. The number of carboxylic acid groups (broad SMARTS) is 1. The first-order valence-corrected chi connectivity index (χ1v) is 6.45. The van der Waals surface area contributed by atoms with Gasteiger partial charge in [-0.15, -0.1) is 0 Å². The zero-order chi connectivity index (χ0) is 15.7. The van der Waals surface area contributed by atoms with Gasteiger partial charge in [0.05, 0.1) is 11.6 Å². The van der Waals surface area contributed by atoms with Crippen molar-refractivity contribution in [2.24, 2.45) is 0 Å². The Balaban J connectivity index is 2.06. The van der Waals surface area contributed by atoms with Crippen molar-refractivity contribution in [3.05, 3.63) is 58.7 Å². The summed E-state index contributed by atoms with van der Waals surface area (Å²) in [5.74, 6) is -0.945. The van der Waals surface area contributed by atoms with E-state index in [-0.39, 0.29) is 18.1 Å². The average Bonchev–Trinajstić information content (AvgIpc) is 2.53. The maximum atomic E-state index is 10.9. The van der Waals surface area contributed by atoms with Crippen molar-refractivity contribution in [1.82, 2.24) is 0 Å². The zero-order valence-electron chi connectivity index (χ0n) is 11.3. The van der Waals surface area contributed by atoms with Gasteiger partial charge in [0.25, 0.3) is 0 Å². The van der Waals surface area contributed by atoms with E-state index in [4.69, 9.17) is 19.8 Å². The normalized spacial score (nSPS) is 16.2. The van der Waals surface area contributed by atoms with Crippen LogP contribution in [-0.2, 0) is 4.74 Å². The van der Waals surface area contributed by atoms with Crippen LogP contribution in [0.3, 0.4) is 0 Å². The van der Waals surface area contributed by atoms with Gasteiger partial charge in [-0.1, -0.05) is 6.07 Å². The Bertz CT molecular complexity index is 794. The molecule has 22 heavy (non-hydrogen) atoms. The van der Waals surface area contributed by atoms with E-state index in [9.17, 15) is 9.90 Å². The number of nitrogens with zero attached hydrogens (tertiary/aromatic N) is 1. The molecule has 0 saturated carbocycles. The predicted octanol–water partition coefficient (Wildman–Crippen LogP) is 2.42. The first kappa shape index (κ1) is 13.9. The molecule has 1 heterocycles. The van der Waals surface area contributed by atoms with E-state index in [2.05, 4.69) is 0 Å². The van der Waals surface area contributed by atoms with Crippen molar-refractivity contribution in [3.63, 3.8) is 0 Å². The smallest absolute Gasteiger partial charge is 0.339 e. The highest BCUT2D eigenvalue weighted by molar-refractivity contribution is 5.90. The summed E-state index contributed by atoms with van der Waals surface area (Å²) in [6.07, 6.45) is -0.536. The zero-order valence-corrected chi connectivity index (χ0v) is 11.3. The molecule has 3 rings (SSSR count). The minimum atomic E-state index is -1.20. The molecule has 2 aromatic carbocycles. The third kappa shape index (κ3) is 2.34. The lowest BCUT2D eigenvalue weighted by Gasteiger charge is -2.27. The lowest BCUT2D eigenvalue weighted by molar-refractivity contribution is -0.0420. The second-order valence-electron chi connectivity index (χ2n) is 4.76. The summed E-state index contributed by atoms with van der Waals surface area (Å²) >= 11 is 0. The summed E-state index contributed by atoms with van der Waals surface area (Å²) in [4.78, 5) is 10.9. The standard InChI is InChI=1S/C16H11NO5/c17-7-9-1-4-14-12(5-9)15(22-8-21-14)10-2-3-11(16(19)20)13(18)6-10/h1-6,15,18H,8H2,(H,19,20). The first-order chi connectivity index (χ1) is 10.6. The van der Waals surface area contributed by atoms with Crippen LogP contribution in [0.1, 0.15) is 33.2 Å². The summed E-state index contributed by atoms with van der Waals surface area (Å²) in [5, 5.41) is 27.8. The van der Waals surface area contributed by atoms with E-state index < -0.39 is 12.1 Å². The van der Waals surface area contributed by atoms with E-state index >= 15 is 0 Å². The quantitative estimate of drug-likeness (QED) is 0.883. The summed E-state index contributed by atoms with van der Waals surface area (Å²) in [6.45, 7) is 0.0327. The number of ether oxygens (including phenoxy) is 2. The topological polar surface area (TPSA) is 99.8 Å². The van der Waals surface area contributed by atoms with Gasteiger partial charge in [-0.3, -0.25) is 0 Å². The van der Waals surface area contributed by atoms with Crippen molar-refractivity contribution < 1.29 is 24.5 Å². The number of aromatic carboxylic acids is 1. The molecule has 0 amide bonds. The fourth-order valence-electron chi connectivity index (χ4n) is 2.38. The average molecular weight is 297 g/mol. The molecule has 0 saturated heterocycles. The van der Waals surface area contributed by atoms with Crippen LogP contribution in [0.4, 0.5) is 0 Å². The maximum Gasteiger partial charge on any atom is 0.339 e. The predicted molar refractivity (Wildman–Crippen MR) is 74.6 cm³/mol. The number of nitriles is 1. The summed E-state index contributed by atoms with van der Waals surface area (Å²) in [6, 6.07) is 11.3. The van der Waals surface area contributed by atoms with Crippen molar-refractivity contribution in [2.75, 3.05) is 6.79 Å². The maximum absolute atomic E-state index is 10.9. The molecule has 0 aliphatic carbocycles. The fourth-order valence-corrected chi connectivity index (χ4v) is 2.38. The van der Waals surface area contributed by atoms with Crippen LogP contribution in [0.2, 0.25) is 0 Å². The molecule has 0 aromatic heterocycles. The van der Waals surface area contributed by atoms with Gasteiger partial charge in [0.2, 0.25) is 0 Å². The van der Waals surface area contributed by atoms with E-state index in [0.717, 1.165) is 0 Å². The van der Waals surface area contributed by atoms with E-state index in [1.54, 1.807) is 24.3 Å². The molecule has 2 N–H and O–H groups in total. The molecule has 0 spiro atoms. The molecular weight excluding hydrogens is 286 g/mol. The summed E-state index contributed by atoms with van der Waals surface area (Å²) < 4.78 is 10.9. The Morgan fingerprint density at radius 3 is 2.77 bits per heavy atom. The van der Waals surface area contributed by atoms with Gasteiger partial charge in [0.1, 0.15) is 23.2 Å². The fraction of sp³-hybridized carbons (Fsp3) is 0.125. The monoisotopic (exact) mass is 297 g/mol. The Morgan fingerprint density at radius 1 is 1.27 bits per heavy atom. The molecule has 6 heteroatoms. The molecule has 6 nitrogen and oxygen atoms in total. The summed E-state index contributed by atoms with van der Waals surface area (Å²) in [5.41, 5.74) is 1.53. The molecule has 1 aliphatic heterocycles. The van der Waals surface area contributed by atoms with Crippen molar-refractivity contribution in [1.29, 1.82) is 5.26 Å². The molecule has 1 unspecified atom stereocenters. The van der Waals surface area contributed by atoms with Crippen LogP contribution in [0.15, 0.2) is 36.4 Å². The van der Waals surface area contributed by atoms with E-state index in [0.29, 0.717) is 22.4 Å². The van der Waals surface area contributed by atoms with Crippen LogP contribution in [0.5, 0.6) is 11.5 Å². The van der Waals surface area contributed by atoms with Gasteiger partial charge in [-0.05, 0) is 35.9 Å². The third-order valence-corrected chi connectivity index (χ3v) is 3.43. The number of hydrogen-bond acceptors (Lipinski definition) is 5. The number of phenols is 1. The highest BCUT2D eigenvalue weighted by atomic mass is 16.7. The van der Waals surface area contributed by atoms with Crippen molar-refractivity contribution in [2.45, 2.75) is 6.10 Å². The highest BCUT2D eigenvalue weighted by Gasteiger charge is 2.25. The molecule has 110 valence electrons. The van der Waals surface area contributed by atoms with Gasteiger partial charge in [-0.25, -0.2) is 4.79 Å². The van der Waals surface area contributed by atoms with Crippen LogP contribution < -0.4 is 4.74 Å². The Morgan fingerprint density at radius 2 is 2.09 bits per heavy atom. The van der Waals surface area contributed by atoms with Crippen LogP contribution in [-0.4, -0.2) is 23.0 Å². The first-order valence-electron chi connectivity index (χ1n) is 6.45. The highest BCUT2D eigenvalue weighted by Crippen LogP contribution is 2.38. The molecule has 0 fully saturated rings. The van der Waals surface area contributed by atoms with Crippen molar-refractivity contribution in [3.8, 4) is 17.6 Å². The second-order valence-corrected chi connectivity index (χ2v) is 4.76. The summed E-state index contributed by atoms with van der Waals surface area (Å²) in [7, 11) is 0. The van der Waals surface area contributed by atoms with Gasteiger partial charge in [-0.2, -0.15) is 5.26 Å². The Kier molecular flexibility index (Phi) is 3.41. The van der Waals surface area contributed by atoms with Gasteiger partial charge in [0.15, 0.2) is 6.79 Å². The van der Waals surface area contributed by atoms with Crippen LogP contribution >= 0.6 is 0 Å². The minimum absolute atomic E-state index is 0.0327. The number of fused-ring (bicyclic) bond motifs is 1. The van der Waals surface area contributed by atoms with Gasteiger partial charge >= 0.3 is 5.97 Å². The minimum Gasteiger partial charge on any atom is -0.507 e. The van der Waals surface area contributed by atoms with Crippen molar-refractivity contribution >= 4 is 5.97 Å². The lowest BCUT2D eigenvalue weighted by atomic mass is 9.97. The number of aromatic hydroxyl groups is 1. The number of carboxylic acids is 1. The molecular formula is C16H11NO5. The molecule has 1 aliphatic rings. The molecule has 2 aromatic rings. The van der Waals surface area contributed by atoms with E-state index in [1.165, 1.54) is 12.1 Å². The number of carbonyl (C=O) groups is 1. The number of rotatable bonds is 2. The Labute approximate surface area is 125 Å². The van der Waals surface area contributed by atoms with E-state index in [1.807, 2.05) is 6.07 Å². The van der Waals surface area contributed by atoms with Crippen LogP contribution in [0, 0.1) is 11.3 Å². The Hall–Kier alpha value is -3.04. The van der Waals surface area contributed by atoms with Gasteiger partial charge < -0.3 is 19.7 Å². The second kappa shape index (κ2) is 5.39. The van der Waals surface area contributed by atoms with Crippen LogP contribution in [0.25, 0.3) is 0 Å². The lowest BCUT2D eigenvalue weighted by Crippen LogP contribution is -2.18. The van der Waals surface area contributed by atoms with Gasteiger partial charge in [0, 0.05) is 5.56 Å². The third-order valence-electron chi connectivity index (χ3n) is 3.43. The largest absolute Gasteiger partial charge is 0.507 e. The SMILES string of the molecule is N#Cc1ccc2c(c1)C(c1ccc(C(=O)O)c(O)c1)OCO2. The molecule has 0 radical (unpaired) electrons. The number of hydrogen-bond donors (Lipinski definition) is 2.